The third-order valence-electron chi connectivity index (χ3n) is 7.25. The zero-order chi connectivity index (χ0) is 23.0. The summed E-state index contributed by atoms with van der Waals surface area (Å²) in [5, 5.41) is 0. The monoisotopic (exact) mass is 454 g/mol. The smallest absolute Gasteiger partial charge is 0.462 e. The van der Waals surface area contributed by atoms with Crippen molar-refractivity contribution in [3.05, 3.63) is 36.0 Å². The summed E-state index contributed by atoms with van der Waals surface area (Å²) in [4.78, 5) is 42.2. The molecule has 0 radical (unpaired) electrons. The second kappa shape index (κ2) is 8.66. The quantitative estimate of drug-likeness (QED) is 0.356. The van der Waals surface area contributed by atoms with Gasteiger partial charge in [-0.3, -0.25) is 9.32 Å². The lowest BCUT2D eigenvalue weighted by Gasteiger charge is -2.60. The van der Waals surface area contributed by atoms with Crippen molar-refractivity contribution in [1.82, 2.24) is 0 Å². The summed E-state index contributed by atoms with van der Waals surface area (Å²) in [5.41, 5.74) is 0.460. The molecule has 1 aliphatic heterocycles. The molecule has 5 atom stereocenters. The van der Waals surface area contributed by atoms with Crippen LogP contribution < -0.4 is 0 Å². The highest BCUT2D eigenvalue weighted by Gasteiger charge is 2.59. The van der Waals surface area contributed by atoms with Crippen LogP contribution in [0.1, 0.15) is 46.5 Å². The lowest BCUT2D eigenvalue weighted by molar-refractivity contribution is -0.181. The summed E-state index contributed by atoms with van der Waals surface area (Å²) in [6.45, 7) is 9.66. The molecule has 1 heterocycles. The molecule has 3 aliphatic rings. The lowest BCUT2D eigenvalue weighted by Crippen LogP contribution is -2.58. The number of fused-ring (bicyclic) bond motifs is 1. The van der Waals surface area contributed by atoms with Crippen LogP contribution in [0.4, 0.5) is 0 Å². The van der Waals surface area contributed by atoms with Crippen molar-refractivity contribution >= 4 is 19.8 Å². The van der Waals surface area contributed by atoms with Gasteiger partial charge in [0.05, 0.1) is 12.2 Å². The minimum absolute atomic E-state index is 0.0469. The number of allylic oxidation sites excluding steroid dienone is 2. The van der Waals surface area contributed by atoms with E-state index < -0.39 is 25.3 Å². The van der Waals surface area contributed by atoms with Crippen molar-refractivity contribution in [3.8, 4) is 0 Å². The zero-order valence-corrected chi connectivity index (χ0v) is 19.1. The number of esters is 2. The molecule has 2 saturated carbocycles. The number of ether oxygens (including phenoxy) is 2. The van der Waals surface area contributed by atoms with E-state index in [-0.39, 0.29) is 36.4 Å². The highest BCUT2D eigenvalue weighted by Crippen LogP contribution is 2.62. The van der Waals surface area contributed by atoms with Gasteiger partial charge in [0.25, 0.3) is 0 Å². The molecule has 2 N–H and O–H groups in total. The van der Waals surface area contributed by atoms with Gasteiger partial charge in [0.2, 0.25) is 0 Å². The van der Waals surface area contributed by atoms with Gasteiger partial charge in [0.1, 0.15) is 12.7 Å². The van der Waals surface area contributed by atoms with Crippen molar-refractivity contribution in [1.29, 1.82) is 0 Å². The fourth-order valence-electron chi connectivity index (χ4n) is 5.78. The summed E-state index contributed by atoms with van der Waals surface area (Å²) in [6.07, 6.45) is 7.72. The highest BCUT2D eigenvalue weighted by molar-refractivity contribution is 7.46. The van der Waals surface area contributed by atoms with E-state index in [1.807, 2.05) is 13.0 Å². The maximum absolute atomic E-state index is 11.8. The number of phosphoric ester groups is 1. The molecule has 3 rings (SSSR count). The fraction of sp³-hybridized carbons (Fsp3) is 0.636. The molecule has 0 aromatic heterocycles. The molecular weight excluding hydrogens is 423 g/mol. The van der Waals surface area contributed by atoms with Gasteiger partial charge in [0, 0.05) is 18.3 Å². The van der Waals surface area contributed by atoms with Gasteiger partial charge in [-0.1, -0.05) is 38.2 Å². The maximum Gasteiger partial charge on any atom is 0.469 e. The lowest BCUT2D eigenvalue weighted by atomic mass is 9.46. The highest BCUT2D eigenvalue weighted by atomic mass is 31.2. The van der Waals surface area contributed by atoms with Crippen LogP contribution >= 0.6 is 7.82 Å². The maximum atomic E-state index is 11.8. The number of hydrogen-bond donors (Lipinski definition) is 2. The van der Waals surface area contributed by atoms with Crippen molar-refractivity contribution in [2.45, 2.75) is 52.6 Å². The van der Waals surface area contributed by atoms with Crippen LogP contribution in [0.2, 0.25) is 0 Å². The molecule has 2 unspecified atom stereocenters. The Bertz CT molecular complexity index is 871. The van der Waals surface area contributed by atoms with E-state index in [0.29, 0.717) is 12.0 Å². The Kier molecular flexibility index (Phi) is 6.68. The van der Waals surface area contributed by atoms with Gasteiger partial charge < -0.3 is 19.3 Å². The van der Waals surface area contributed by atoms with Gasteiger partial charge in [-0.25, -0.2) is 9.36 Å². The summed E-state index contributed by atoms with van der Waals surface area (Å²) >= 11 is 0. The van der Waals surface area contributed by atoms with Crippen LogP contribution in [0, 0.1) is 22.7 Å². The van der Waals surface area contributed by atoms with E-state index in [1.54, 1.807) is 12.2 Å². The Hall–Kier alpha value is -1.73. The predicted octanol–water partition coefficient (Wildman–Crippen LogP) is 3.46. The Labute approximate surface area is 182 Å². The second-order valence-electron chi connectivity index (χ2n) is 9.26. The van der Waals surface area contributed by atoms with Gasteiger partial charge in [-0.05, 0) is 43.1 Å². The van der Waals surface area contributed by atoms with Gasteiger partial charge in [-0.15, -0.1) is 0 Å². The van der Waals surface area contributed by atoms with Crippen LogP contribution in [0.5, 0.6) is 0 Å². The van der Waals surface area contributed by atoms with E-state index in [1.165, 1.54) is 6.92 Å². The molecule has 0 bridgehead atoms. The van der Waals surface area contributed by atoms with Gasteiger partial charge >= 0.3 is 19.8 Å². The third kappa shape index (κ3) is 4.87. The number of phosphoric acid groups is 1. The number of cyclic esters (lactones) is 1. The Morgan fingerprint density at radius 2 is 2.10 bits per heavy atom. The predicted molar refractivity (Wildman–Crippen MR) is 113 cm³/mol. The number of carbonyl (C=O) groups is 2. The van der Waals surface area contributed by atoms with Crippen LogP contribution in [0.25, 0.3) is 0 Å². The van der Waals surface area contributed by atoms with E-state index in [9.17, 15) is 23.9 Å². The second-order valence-corrected chi connectivity index (χ2v) is 10.5. The van der Waals surface area contributed by atoms with Crippen LogP contribution in [0.15, 0.2) is 36.0 Å². The summed E-state index contributed by atoms with van der Waals surface area (Å²) in [6, 6.07) is 0. The first-order chi connectivity index (χ1) is 14.4. The van der Waals surface area contributed by atoms with Gasteiger partial charge in [-0.2, -0.15) is 0 Å². The topological polar surface area (TPSA) is 119 Å². The average Bonchev–Trinajstić information content (AvgIpc) is 3.06. The van der Waals surface area contributed by atoms with E-state index in [0.717, 1.165) is 24.8 Å². The molecule has 2 aliphatic carbocycles. The minimum Gasteiger partial charge on any atom is -0.462 e. The van der Waals surface area contributed by atoms with Gasteiger partial charge in [0.15, 0.2) is 0 Å². The largest absolute Gasteiger partial charge is 0.469 e. The third-order valence-corrected chi connectivity index (χ3v) is 7.72. The molecule has 8 nitrogen and oxygen atoms in total. The summed E-state index contributed by atoms with van der Waals surface area (Å²) in [7, 11) is -4.70. The molecule has 0 saturated heterocycles. The number of hydrogen-bond acceptors (Lipinski definition) is 6. The molecule has 172 valence electrons. The first kappa shape index (κ1) is 23.9. The first-order valence-electron chi connectivity index (χ1n) is 10.5. The standard InChI is InChI=1S/C22H31O8P/c1-14-5-8-18-21(3,17(14)7-6-16-10-12-28-20(16)24)11-9-19(30-15(2)23)22(18,4)13-29-31(25,26)27/h6-7,10,17-19H,1,5,8-9,11-13H2,2-4H3,(H2,25,26,27)/b7-6+/t17?,18?,19-,21-,22+/m0/s1. The van der Waals surface area contributed by atoms with Crippen molar-refractivity contribution in [3.63, 3.8) is 0 Å². The number of carbonyl (C=O) groups excluding carboxylic acids is 2. The molecule has 9 heteroatoms. The molecular formula is C22H31O8P. The Balaban J connectivity index is 1.95. The van der Waals surface area contributed by atoms with Crippen molar-refractivity contribution in [2.75, 3.05) is 13.2 Å². The first-order valence-corrected chi connectivity index (χ1v) is 12.0. The molecule has 0 spiro atoms. The normalized spacial score (nSPS) is 36.2. The average molecular weight is 454 g/mol. The van der Waals surface area contributed by atoms with Crippen LogP contribution in [0.3, 0.4) is 0 Å². The van der Waals surface area contributed by atoms with Crippen molar-refractivity contribution < 1.29 is 37.9 Å². The Morgan fingerprint density at radius 3 is 2.68 bits per heavy atom. The van der Waals surface area contributed by atoms with Crippen molar-refractivity contribution in [2.24, 2.45) is 22.7 Å². The minimum atomic E-state index is -4.70. The number of rotatable bonds is 6. The van der Waals surface area contributed by atoms with E-state index in [4.69, 9.17) is 14.0 Å². The fourth-order valence-corrected chi connectivity index (χ4v) is 6.23. The molecule has 2 fully saturated rings. The summed E-state index contributed by atoms with van der Waals surface area (Å²) < 4.78 is 27.0. The van der Waals surface area contributed by atoms with E-state index >= 15 is 0 Å². The molecule has 0 amide bonds. The zero-order valence-electron chi connectivity index (χ0n) is 18.2. The molecule has 0 aromatic rings. The Morgan fingerprint density at radius 1 is 1.39 bits per heavy atom. The molecule has 0 aromatic carbocycles. The van der Waals surface area contributed by atoms with E-state index in [2.05, 4.69) is 13.5 Å². The summed E-state index contributed by atoms with van der Waals surface area (Å²) in [5.74, 6) is -0.875. The SMILES string of the molecule is C=C1CCC2[C@@](C)(CC[C@H](OC(C)=O)[C@]2(C)COP(=O)(O)O)C1/C=C/C1=CCOC1=O. The van der Waals surface area contributed by atoms with Crippen LogP contribution in [-0.4, -0.2) is 41.0 Å². The molecule has 31 heavy (non-hydrogen) atoms. The van der Waals surface area contributed by atoms with Crippen LogP contribution in [-0.2, 0) is 28.2 Å².